The van der Waals surface area contributed by atoms with E-state index in [4.69, 9.17) is 0 Å². The van der Waals surface area contributed by atoms with Gasteiger partial charge in [0.1, 0.15) is 0 Å². The summed E-state index contributed by atoms with van der Waals surface area (Å²) in [6.07, 6.45) is 7.16. The minimum atomic E-state index is 0.290. The van der Waals surface area contributed by atoms with Gasteiger partial charge in [-0.25, -0.2) is 0 Å². The van der Waals surface area contributed by atoms with Gasteiger partial charge in [-0.05, 0) is 12.3 Å². The van der Waals surface area contributed by atoms with Crippen LogP contribution in [0.25, 0.3) is 0 Å². The number of likely N-dealkylation sites (tertiary alicyclic amines) is 1. The standard InChI is InChI=1S/C20H41IN3/c1-18(2)7-11-23-12-8-20(9-13-23)6-5-10-22-14-16-24(17-15-22)21-19(3)4/h18-20H,5-17H2,1-4H3/q-1. The molecule has 0 unspecified atom stereocenters. The molecule has 0 atom stereocenters. The Morgan fingerprint density at radius 2 is 1.46 bits per heavy atom. The zero-order valence-electron chi connectivity index (χ0n) is 16.6. The van der Waals surface area contributed by atoms with Crippen LogP contribution in [0.15, 0.2) is 0 Å². The van der Waals surface area contributed by atoms with Crippen molar-refractivity contribution in [3.05, 3.63) is 0 Å². The van der Waals surface area contributed by atoms with Crippen LogP contribution in [0, 0.1) is 11.8 Å². The number of piperidine rings is 1. The van der Waals surface area contributed by atoms with Crippen LogP contribution in [0.5, 0.6) is 0 Å². The Morgan fingerprint density at radius 3 is 2.04 bits per heavy atom. The van der Waals surface area contributed by atoms with E-state index in [1.807, 2.05) is 0 Å². The fourth-order valence-electron chi connectivity index (χ4n) is 3.86. The van der Waals surface area contributed by atoms with Crippen LogP contribution in [0.3, 0.4) is 0 Å². The van der Waals surface area contributed by atoms with Crippen LogP contribution >= 0.6 is 0 Å². The maximum atomic E-state index is 2.76. The number of halogens is 1. The third kappa shape index (κ3) is 8.33. The Morgan fingerprint density at radius 1 is 0.833 bits per heavy atom. The Labute approximate surface area is 162 Å². The van der Waals surface area contributed by atoms with Gasteiger partial charge in [0.25, 0.3) is 0 Å². The molecule has 0 N–H and O–H groups in total. The van der Waals surface area contributed by atoms with Gasteiger partial charge in [-0.1, -0.05) is 13.8 Å². The van der Waals surface area contributed by atoms with Crippen molar-refractivity contribution >= 4 is 0 Å². The molecule has 24 heavy (non-hydrogen) atoms. The molecule has 0 spiro atoms. The van der Waals surface area contributed by atoms with Crippen LogP contribution in [-0.2, 0) is 0 Å². The SMILES string of the molecule is CC(C)CCN1CCC(CCCN2CCN([I-]C(C)C)CC2)CC1. The van der Waals surface area contributed by atoms with Gasteiger partial charge in [0.05, 0.1) is 0 Å². The van der Waals surface area contributed by atoms with E-state index in [1.54, 1.807) is 0 Å². The number of hydrogen-bond donors (Lipinski definition) is 0. The van der Waals surface area contributed by atoms with E-state index in [9.17, 15) is 0 Å². The van der Waals surface area contributed by atoms with Crippen LogP contribution < -0.4 is 21.5 Å². The molecule has 144 valence electrons. The first-order chi connectivity index (χ1) is 11.5. The molecule has 0 saturated carbocycles. The summed E-state index contributed by atoms with van der Waals surface area (Å²) in [7, 11) is 0. The molecule has 3 nitrogen and oxygen atoms in total. The van der Waals surface area contributed by atoms with Gasteiger partial charge in [0.15, 0.2) is 0 Å². The molecular weight excluding hydrogens is 409 g/mol. The maximum absolute atomic E-state index is 2.76. The first kappa shape index (κ1) is 20.9. The number of rotatable bonds is 9. The van der Waals surface area contributed by atoms with Crippen molar-refractivity contribution in [3.8, 4) is 0 Å². The monoisotopic (exact) mass is 450 g/mol. The number of hydrogen-bond acceptors (Lipinski definition) is 3. The molecule has 2 aliphatic heterocycles. The number of piperazine rings is 1. The predicted molar refractivity (Wildman–Crippen MR) is 101 cm³/mol. The fraction of sp³-hybridized carbons (Fsp3) is 1.00. The summed E-state index contributed by atoms with van der Waals surface area (Å²) < 4.78 is 3.68. The summed E-state index contributed by atoms with van der Waals surface area (Å²) in [5.41, 5.74) is 0. The summed E-state index contributed by atoms with van der Waals surface area (Å²) in [6.45, 7) is 20.1. The predicted octanol–water partition coefficient (Wildman–Crippen LogP) is 0.555. The third-order valence-corrected chi connectivity index (χ3v) is 8.33. The van der Waals surface area contributed by atoms with Crippen LogP contribution in [0.4, 0.5) is 0 Å². The van der Waals surface area contributed by atoms with E-state index >= 15 is 0 Å². The molecule has 2 heterocycles. The molecule has 2 rings (SSSR count). The van der Waals surface area contributed by atoms with Crippen molar-refractivity contribution < 1.29 is 21.5 Å². The molecule has 2 fully saturated rings. The Balaban J connectivity index is 1.50. The fourth-order valence-corrected chi connectivity index (χ4v) is 6.43. The van der Waals surface area contributed by atoms with E-state index in [0.29, 0.717) is 0 Å². The van der Waals surface area contributed by atoms with Crippen molar-refractivity contribution in [2.45, 2.75) is 63.7 Å². The molecule has 4 heteroatoms. The van der Waals surface area contributed by atoms with Gasteiger partial charge >= 0.3 is 136 Å². The third-order valence-electron chi connectivity index (χ3n) is 5.47. The van der Waals surface area contributed by atoms with Gasteiger partial charge in [0, 0.05) is 0 Å². The Hall–Kier alpha value is 0.610. The molecule has 0 aromatic heterocycles. The van der Waals surface area contributed by atoms with E-state index in [0.717, 1.165) is 15.8 Å². The quantitative estimate of drug-likeness (QED) is 0.289. The normalized spacial score (nSPS) is 22.9. The van der Waals surface area contributed by atoms with Crippen LogP contribution in [0.2, 0.25) is 0 Å². The van der Waals surface area contributed by atoms with E-state index in [2.05, 4.69) is 40.6 Å². The average molecular weight is 450 g/mol. The van der Waals surface area contributed by atoms with E-state index in [1.165, 1.54) is 84.5 Å². The molecule has 0 radical (unpaired) electrons. The zero-order valence-corrected chi connectivity index (χ0v) is 18.8. The number of alkyl halides is 1. The van der Waals surface area contributed by atoms with Crippen molar-refractivity contribution in [1.82, 2.24) is 12.9 Å². The first-order valence-electron chi connectivity index (χ1n) is 10.4. The average Bonchev–Trinajstić information content (AvgIpc) is 2.55. The van der Waals surface area contributed by atoms with Gasteiger partial charge in [-0.3, -0.25) is 0 Å². The van der Waals surface area contributed by atoms with Crippen molar-refractivity contribution in [3.63, 3.8) is 0 Å². The molecule has 2 aliphatic rings. The van der Waals surface area contributed by atoms with Gasteiger partial charge in [-0.2, -0.15) is 0 Å². The van der Waals surface area contributed by atoms with Crippen molar-refractivity contribution in [1.29, 1.82) is 0 Å². The molecule has 0 bridgehead atoms. The second-order valence-corrected chi connectivity index (χ2v) is 12.9. The second kappa shape index (κ2) is 11.3. The summed E-state index contributed by atoms with van der Waals surface area (Å²) in [5, 5.41) is 0. The van der Waals surface area contributed by atoms with Crippen LogP contribution in [0.1, 0.15) is 59.8 Å². The topological polar surface area (TPSA) is 9.72 Å². The summed E-state index contributed by atoms with van der Waals surface area (Å²) >= 11 is 0.290. The van der Waals surface area contributed by atoms with E-state index in [-0.39, 0.29) is 21.5 Å². The van der Waals surface area contributed by atoms with Gasteiger partial charge < -0.3 is 0 Å². The summed E-state index contributed by atoms with van der Waals surface area (Å²) in [5.74, 6) is 1.86. The van der Waals surface area contributed by atoms with Gasteiger partial charge in [0.2, 0.25) is 0 Å². The van der Waals surface area contributed by atoms with Gasteiger partial charge in [-0.15, -0.1) is 0 Å². The van der Waals surface area contributed by atoms with E-state index < -0.39 is 0 Å². The van der Waals surface area contributed by atoms with Crippen molar-refractivity contribution in [2.75, 3.05) is 52.4 Å². The summed E-state index contributed by atoms with van der Waals surface area (Å²) in [4.78, 5) is 5.42. The van der Waals surface area contributed by atoms with Crippen molar-refractivity contribution in [2.24, 2.45) is 11.8 Å². The molecule has 2 saturated heterocycles. The molecule has 0 aliphatic carbocycles. The zero-order chi connectivity index (χ0) is 17.4. The molecule has 0 amide bonds. The minimum absolute atomic E-state index is 0.290. The molecular formula is C20H41IN3-. The number of nitrogens with zero attached hydrogens (tertiary/aromatic N) is 3. The Bertz CT molecular complexity index is 319. The summed E-state index contributed by atoms with van der Waals surface area (Å²) in [6, 6.07) is 0. The molecule has 0 aromatic carbocycles. The Kier molecular flexibility index (Phi) is 9.89. The van der Waals surface area contributed by atoms with Crippen LogP contribution in [-0.4, -0.2) is 69.2 Å². The molecule has 0 aromatic rings. The first-order valence-corrected chi connectivity index (χ1v) is 12.6. The second-order valence-electron chi connectivity index (χ2n) is 8.47.